The highest BCUT2D eigenvalue weighted by Gasteiger charge is 2.32. The Bertz CT molecular complexity index is 741. The number of aromatic nitrogens is 2. The number of nitrogens with zero attached hydrogens (tertiary/aromatic N) is 4. The van der Waals surface area contributed by atoms with Crippen LogP contribution in [0.25, 0.3) is 0 Å². The second-order valence-electron chi connectivity index (χ2n) is 4.40. The Morgan fingerprint density at radius 3 is 3.00 bits per heavy atom. The molecular weight excluding hydrogens is 272 g/mol. The van der Waals surface area contributed by atoms with Crippen LogP contribution >= 0.6 is 0 Å². The van der Waals surface area contributed by atoms with Gasteiger partial charge in [-0.2, -0.15) is 10.4 Å². The molecule has 0 amide bonds. The third-order valence-electron chi connectivity index (χ3n) is 3.13. The van der Waals surface area contributed by atoms with Gasteiger partial charge in [-0.3, -0.25) is 0 Å². The Hall–Kier alpha value is -3.14. The van der Waals surface area contributed by atoms with Gasteiger partial charge in [-0.1, -0.05) is 12.1 Å². The van der Waals surface area contributed by atoms with Gasteiger partial charge in [0.2, 0.25) is 6.10 Å². The number of aliphatic carboxylic acids is 1. The smallest absolute Gasteiger partial charge is 0.346 e. The van der Waals surface area contributed by atoms with Gasteiger partial charge in [-0.25, -0.2) is 4.79 Å². The molecule has 1 aliphatic heterocycles. The number of hydrogen-bond acceptors (Lipinski definition) is 6. The number of fused-ring (bicyclic) bond motifs is 1. The number of carbonyl (C=O) groups is 1. The van der Waals surface area contributed by atoms with Crippen LogP contribution in [0.1, 0.15) is 5.56 Å². The molecule has 7 heteroatoms. The van der Waals surface area contributed by atoms with Crippen LogP contribution in [-0.4, -0.2) is 33.9 Å². The minimum atomic E-state index is -1.07. The minimum absolute atomic E-state index is 0.0553. The summed E-state index contributed by atoms with van der Waals surface area (Å²) in [5.41, 5.74) is 0.984. The van der Waals surface area contributed by atoms with Crippen molar-refractivity contribution in [1.82, 2.24) is 10.2 Å². The summed E-state index contributed by atoms with van der Waals surface area (Å²) in [6.45, 7) is 0.0553. The van der Waals surface area contributed by atoms with Crippen molar-refractivity contribution in [3.05, 3.63) is 42.1 Å². The van der Waals surface area contributed by atoms with Crippen molar-refractivity contribution in [2.24, 2.45) is 0 Å². The van der Waals surface area contributed by atoms with E-state index in [-0.39, 0.29) is 6.54 Å². The van der Waals surface area contributed by atoms with Gasteiger partial charge in [0, 0.05) is 0 Å². The normalized spacial score (nSPS) is 16.5. The summed E-state index contributed by atoms with van der Waals surface area (Å²) in [4.78, 5) is 12.9. The van der Waals surface area contributed by atoms with Crippen LogP contribution in [0.5, 0.6) is 5.75 Å². The van der Waals surface area contributed by atoms with E-state index in [0.29, 0.717) is 22.8 Å². The van der Waals surface area contributed by atoms with Crippen LogP contribution in [0.4, 0.5) is 11.5 Å². The van der Waals surface area contributed by atoms with Gasteiger partial charge in [0.05, 0.1) is 24.0 Å². The molecule has 2 heterocycles. The Kier molecular flexibility index (Phi) is 3.12. The van der Waals surface area contributed by atoms with E-state index >= 15 is 0 Å². The van der Waals surface area contributed by atoms with Crippen molar-refractivity contribution in [2.75, 3.05) is 11.4 Å². The van der Waals surface area contributed by atoms with Crippen LogP contribution in [0, 0.1) is 11.3 Å². The van der Waals surface area contributed by atoms with Crippen LogP contribution in [0.15, 0.2) is 36.5 Å². The zero-order valence-corrected chi connectivity index (χ0v) is 10.8. The first kappa shape index (κ1) is 12.9. The highest BCUT2D eigenvalue weighted by molar-refractivity contribution is 5.79. The molecule has 0 bridgehead atoms. The van der Waals surface area contributed by atoms with E-state index in [9.17, 15) is 15.2 Å². The molecule has 0 aliphatic carbocycles. The Morgan fingerprint density at radius 2 is 2.24 bits per heavy atom. The second-order valence-corrected chi connectivity index (χ2v) is 4.40. The van der Waals surface area contributed by atoms with Gasteiger partial charge >= 0.3 is 5.97 Å². The molecule has 7 nitrogen and oxygen atoms in total. The Labute approximate surface area is 120 Å². The van der Waals surface area contributed by atoms with Crippen molar-refractivity contribution in [3.8, 4) is 11.8 Å². The third-order valence-corrected chi connectivity index (χ3v) is 3.13. The SMILES string of the molecule is N#Cc1ccnnc1N1CC(C(=O)O)Oc2ccccc21. The number of rotatable bonds is 2. The summed E-state index contributed by atoms with van der Waals surface area (Å²) in [5.74, 6) is -0.315. The van der Waals surface area contributed by atoms with Crippen molar-refractivity contribution >= 4 is 17.5 Å². The van der Waals surface area contributed by atoms with Crippen molar-refractivity contribution in [1.29, 1.82) is 5.26 Å². The highest BCUT2D eigenvalue weighted by atomic mass is 16.5. The Morgan fingerprint density at radius 1 is 1.43 bits per heavy atom. The zero-order valence-electron chi connectivity index (χ0n) is 10.8. The zero-order chi connectivity index (χ0) is 14.8. The number of carboxylic acids is 1. The maximum absolute atomic E-state index is 11.2. The van der Waals surface area contributed by atoms with Crippen LogP contribution < -0.4 is 9.64 Å². The fourth-order valence-electron chi connectivity index (χ4n) is 2.17. The van der Waals surface area contributed by atoms with E-state index in [4.69, 9.17) is 4.74 Å². The number of benzene rings is 1. The maximum atomic E-state index is 11.2. The molecule has 0 spiro atoms. The number of ether oxygens (including phenoxy) is 1. The van der Waals surface area contributed by atoms with E-state index < -0.39 is 12.1 Å². The van der Waals surface area contributed by atoms with Gasteiger partial charge in [-0.05, 0) is 18.2 Å². The lowest BCUT2D eigenvalue weighted by molar-refractivity contribution is -0.144. The summed E-state index contributed by atoms with van der Waals surface area (Å²) >= 11 is 0. The first-order valence-corrected chi connectivity index (χ1v) is 6.18. The van der Waals surface area contributed by atoms with Crippen LogP contribution in [0.3, 0.4) is 0 Å². The molecule has 104 valence electrons. The summed E-state index contributed by atoms with van der Waals surface area (Å²) in [6, 6.07) is 10.6. The fourth-order valence-corrected chi connectivity index (χ4v) is 2.17. The topological polar surface area (TPSA) is 99.3 Å². The molecule has 1 aliphatic rings. The van der Waals surface area contributed by atoms with Crippen molar-refractivity contribution in [3.63, 3.8) is 0 Å². The number of carboxylic acid groups (broad SMARTS) is 1. The molecular formula is C14H10N4O3. The number of nitriles is 1. The van der Waals surface area contributed by atoms with E-state index in [1.54, 1.807) is 29.2 Å². The first-order chi connectivity index (χ1) is 10.2. The minimum Gasteiger partial charge on any atom is -0.478 e. The van der Waals surface area contributed by atoms with Gasteiger partial charge in [0.1, 0.15) is 11.8 Å². The second kappa shape index (κ2) is 5.09. The number of hydrogen-bond donors (Lipinski definition) is 1. The number of anilines is 2. The lowest BCUT2D eigenvalue weighted by Gasteiger charge is -2.33. The molecule has 1 aromatic heterocycles. The van der Waals surface area contributed by atoms with Crippen molar-refractivity contribution < 1.29 is 14.6 Å². The molecule has 0 saturated heterocycles. The van der Waals surface area contributed by atoms with Gasteiger partial charge in [-0.15, -0.1) is 5.10 Å². The average molecular weight is 282 g/mol. The molecule has 1 aromatic carbocycles. The van der Waals surface area contributed by atoms with E-state index in [1.165, 1.54) is 12.3 Å². The van der Waals surface area contributed by atoms with Crippen LogP contribution in [-0.2, 0) is 4.79 Å². The maximum Gasteiger partial charge on any atom is 0.346 e. The van der Waals surface area contributed by atoms with Crippen LogP contribution in [0.2, 0.25) is 0 Å². The summed E-state index contributed by atoms with van der Waals surface area (Å²) in [7, 11) is 0. The summed E-state index contributed by atoms with van der Waals surface area (Å²) in [5, 5.41) is 26.1. The molecule has 3 rings (SSSR count). The van der Waals surface area contributed by atoms with E-state index in [1.807, 2.05) is 6.07 Å². The quantitative estimate of drug-likeness (QED) is 0.886. The standard InChI is InChI=1S/C14H10N4O3/c15-7-9-5-6-16-17-13(9)18-8-12(14(19)20)21-11-4-2-1-3-10(11)18/h1-6,12H,8H2,(H,19,20). The predicted octanol–water partition coefficient (Wildman–Crippen LogP) is 1.33. The summed E-state index contributed by atoms with van der Waals surface area (Å²) < 4.78 is 5.45. The Balaban J connectivity index is 2.13. The van der Waals surface area contributed by atoms with Gasteiger partial charge in [0.25, 0.3) is 0 Å². The van der Waals surface area contributed by atoms with E-state index in [2.05, 4.69) is 10.2 Å². The molecule has 1 atom stereocenters. The fraction of sp³-hybridized carbons (Fsp3) is 0.143. The third kappa shape index (κ3) is 2.23. The lowest BCUT2D eigenvalue weighted by Crippen LogP contribution is -2.42. The van der Waals surface area contributed by atoms with Crippen molar-refractivity contribution in [2.45, 2.75) is 6.10 Å². The molecule has 1 unspecified atom stereocenters. The molecule has 2 aromatic rings. The molecule has 0 radical (unpaired) electrons. The molecule has 0 saturated carbocycles. The van der Waals surface area contributed by atoms with Gasteiger partial charge < -0.3 is 14.7 Å². The highest BCUT2D eigenvalue weighted by Crippen LogP contribution is 2.37. The van der Waals surface area contributed by atoms with Gasteiger partial charge in [0.15, 0.2) is 5.82 Å². The van der Waals surface area contributed by atoms with E-state index in [0.717, 1.165) is 0 Å². The molecule has 0 fully saturated rings. The average Bonchev–Trinajstić information content (AvgIpc) is 2.53. The number of para-hydroxylation sites is 2. The monoisotopic (exact) mass is 282 g/mol. The summed E-state index contributed by atoms with van der Waals surface area (Å²) in [6.07, 6.45) is 0.386. The first-order valence-electron chi connectivity index (χ1n) is 6.18. The lowest BCUT2D eigenvalue weighted by atomic mass is 10.1. The largest absolute Gasteiger partial charge is 0.478 e. The molecule has 1 N–H and O–H groups in total. The predicted molar refractivity (Wildman–Crippen MR) is 72.2 cm³/mol. The molecule has 21 heavy (non-hydrogen) atoms.